The summed E-state index contributed by atoms with van der Waals surface area (Å²) in [6.45, 7) is 3.34. The average Bonchev–Trinajstić information content (AvgIpc) is 2.54. The van der Waals surface area contributed by atoms with Gasteiger partial charge in [0.1, 0.15) is 16.2 Å². The molecule has 0 atom stereocenters. The number of aryl methyl sites for hydroxylation is 1. The van der Waals surface area contributed by atoms with Gasteiger partial charge in [-0.2, -0.15) is 0 Å². The van der Waals surface area contributed by atoms with Crippen LogP contribution in [0.15, 0.2) is 12.1 Å². The van der Waals surface area contributed by atoms with E-state index in [-0.39, 0.29) is 35.1 Å². The van der Waals surface area contributed by atoms with Gasteiger partial charge in [-0.05, 0) is 25.5 Å². The van der Waals surface area contributed by atoms with Crippen molar-refractivity contribution >= 4 is 34.6 Å². The second-order valence-corrected chi connectivity index (χ2v) is 4.90. The quantitative estimate of drug-likeness (QED) is 0.656. The van der Waals surface area contributed by atoms with Crippen molar-refractivity contribution in [3.63, 3.8) is 0 Å². The first kappa shape index (κ1) is 17.1. The number of aromatic nitrogens is 2. The Bertz CT molecular complexity index is 764. The summed E-state index contributed by atoms with van der Waals surface area (Å²) < 4.78 is 10.3. The molecule has 0 aliphatic heterocycles. The smallest absolute Gasteiger partial charge is 0.343 e. The number of pyridine rings is 2. The molecular weight excluding hydrogens is 322 g/mol. The first-order valence-electron chi connectivity index (χ1n) is 7.08. The lowest BCUT2D eigenvalue weighted by molar-refractivity contribution is -0.132. The van der Waals surface area contributed by atoms with E-state index in [0.29, 0.717) is 17.6 Å². The van der Waals surface area contributed by atoms with E-state index < -0.39 is 11.9 Å². The molecule has 2 N–H and O–H groups in total. The minimum Gasteiger partial charge on any atom is -0.462 e. The number of esters is 2. The maximum atomic E-state index is 12.3. The molecule has 0 bridgehead atoms. The number of carbonyl (C=O) groups is 2. The van der Waals surface area contributed by atoms with Crippen molar-refractivity contribution in [1.82, 2.24) is 9.97 Å². The van der Waals surface area contributed by atoms with Gasteiger partial charge in [0, 0.05) is 0 Å². The largest absolute Gasteiger partial charge is 0.462 e. The minimum atomic E-state index is -0.702. The van der Waals surface area contributed by atoms with Crippen LogP contribution in [-0.2, 0) is 16.0 Å². The minimum absolute atomic E-state index is 0.0248. The van der Waals surface area contributed by atoms with Gasteiger partial charge in [0.2, 0.25) is 0 Å². The molecule has 0 amide bonds. The summed E-state index contributed by atoms with van der Waals surface area (Å²) in [5.74, 6) is -1.37. The van der Waals surface area contributed by atoms with Crippen molar-refractivity contribution in [1.29, 1.82) is 0 Å². The number of rotatable bonds is 5. The highest BCUT2D eigenvalue weighted by Gasteiger charge is 2.25. The van der Waals surface area contributed by atoms with Gasteiger partial charge in [-0.3, -0.25) is 9.78 Å². The van der Waals surface area contributed by atoms with E-state index in [9.17, 15) is 9.59 Å². The van der Waals surface area contributed by atoms with Gasteiger partial charge in [-0.15, -0.1) is 0 Å². The number of nitrogens with zero attached hydrogens (tertiary/aromatic N) is 2. The lowest BCUT2D eigenvalue weighted by atomic mass is 10.1. The summed E-state index contributed by atoms with van der Waals surface area (Å²) >= 11 is 5.91. The summed E-state index contributed by atoms with van der Waals surface area (Å²) in [6.07, 6.45) is 0.444. The number of halogens is 1. The highest BCUT2D eigenvalue weighted by atomic mass is 35.5. The molecule has 2 rings (SSSR count). The van der Waals surface area contributed by atoms with Gasteiger partial charge in [0.05, 0.1) is 24.4 Å². The van der Waals surface area contributed by atoms with E-state index in [1.807, 2.05) is 6.92 Å². The summed E-state index contributed by atoms with van der Waals surface area (Å²) in [5, 5.41) is 0.184. The van der Waals surface area contributed by atoms with Gasteiger partial charge in [0.25, 0.3) is 0 Å². The third kappa shape index (κ3) is 3.57. The van der Waals surface area contributed by atoms with Crippen molar-refractivity contribution in [2.24, 2.45) is 5.73 Å². The predicted molar refractivity (Wildman–Crippen MR) is 84.6 cm³/mol. The predicted octanol–water partition coefficient (Wildman–Crippen LogP) is 1.89. The van der Waals surface area contributed by atoms with E-state index in [2.05, 4.69) is 9.97 Å². The van der Waals surface area contributed by atoms with Crippen LogP contribution in [0.3, 0.4) is 0 Å². The Morgan fingerprint density at radius 1 is 1.26 bits per heavy atom. The molecular formula is C15H16ClN3O4. The highest BCUT2D eigenvalue weighted by molar-refractivity contribution is 6.29. The van der Waals surface area contributed by atoms with Gasteiger partial charge in [-0.25, -0.2) is 9.78 Å². The molecule has 0 saturated carbocycles. The fraction of sp³-hybridized carbons (Fsp3) is 0.333. The van der Waals surface area contributed by atoms with Crippen LogP contribution in [0.4, 0.5) is 0 Å². The number of hydrogen-bond donors (Lipinski definition) is 1. The monoisotopic (exact) mass is 337 g/mol. The van der Waals surface area contributed by atoms with Crippen LogP contribution >= 0.6 is 11.6 Å². The summed E-state index contributed by atoms with van der Waals surface area (Å²) in [5.41, 5.74) is 6.47. The summed E-state index contributed by atoms with van der Waals surface area (Å²) in [4.78, 5) is 32.5. The lowest BCUT2D eigenvalue weighted by Gasteiger charge is -2.14. The molecule has 8 heteroatoms. The van der Waals surface area contributed by atoms with Gasteiger partial charge in [-0.1, -0.05) is 18.5 Å². The van der Waals surface area contributed by atoms with Gasteiger partial charge >= 0.3 is 11.9 Å². The van der Waals surface area contributed by atoms with Crippen LogP contribution in [0.2, 0.25) is 5.15 Å². The fourth-order valence-electron chi connectivity index (χ4n) is 2.06. The third-order valence-electron chi connectivity index (χ3n) is 3.02. The van der Waals surface area contributed by atoms with Crippen molar-refractivity contribution in [2.45, 2.75) is 20.3 Å². The van der Waals surface area contributed by atoms with Crippen LogP contribution in [0.1, 0.15) is 29.9 Å². The molecule has 0 fully saturated rings. The number of carbonyl (C=O) groups excluding carboxylic acids is 2. The second-order valence-electron chi connectivity index (χ2n) is 4.52. The molecule has 7 nitrogen and oxygen atoms in total. The molecule has 23 heavy (non-hydrogen) atoms. The molecule has 0 unspecified atom stereocenters. The van der Waals surface area contributed by atoms with Crippen molar-refractivity contribution in [2.75, 3.05) is 13.2 Å². The van der Waals surface area contributed by atoms with E-state index in [1.54, 1.807) is 19.1 Å². The van der Waals surface area contributed by atoms with E-state index in [0.717, 1.165) is 0 Å². The molecule has 2 aromatic heterocycles. The highest BCUT2D eigenvalue weighted by Crippen LogP contribution is 2.31. The Balaban J connectivity index is 2.79. The number of nitrogens with two attached hydrogens (primary N) is 1. The molecule has 0 saturated heterocycles. The molecule has 0 radical (unpaired) electrons. The van der Waals surface area contributed by atoms with Crippen LogP contribution in [0.25, 0.3) is 11.0 Å². The normalized spacial score (nSPS) is 10.6. The zero-order valence-corrected chi connectivity index (χ0v) is 13.5. The third-order valence-corrected chi connectivity index (χ3v) is 3.23. The topological polar surface area (TPSA) is 104 Å². The van der Waals surface area contributed by atoms with Crippen LogP contribution in [0, 0.1) is 0 Å². The van der Waals surface area contributed by atoms with Crippen LogP contribution < -0.4 is 10.5 Å². The second kappa shape index (κ2) is 7.34. The SMILES string of the molecule is CCOC(=O)c1c(CC)nc2ccc(Cl)nc2c1OC(=O)CN. The average molecular weight is 338 g/mol. The zero-order valence-electron chi connectivity index (χ0n) is 12.8. The number of hydrogen-bond acceptors (Lipinski definition) is 7. The molecule has 122 valence electrons. The number of ether oxygens (including phenoxy) is 2. The Morgan fingerprint density at radius 3 is 2.61 bits per heavy atom. The van der Waals surface area contributed by atoms with Crippen LogP contribution in [-0.4, -0.2) is 35.1 Å². The van der Waals surface area contributed by atoms with Gasteiger partial charge < -0.3 is 15.2 Å². The molecule has 0 aromatic carbocycles. The first-order valence-corrected chi connectivity index (χ1v) is 7.46. The summed E-state index contributed by atoms with van der Waals surface area (Å²) in [6, 6.07) is 3.20. The van der Waals surface area contributed by atoms with Crippen molar-refractivity contribution in [3.05, 3.63) is 28.5 Å². The lowest BCUT2D eigenvalue weighted by Crippen LogP contribution is -2.22. The Kier molecular flexibility index (Phi) is 5.46. The van der Waals surface area contributed by atoms with E-state index in [1.165, 1.54) is 0 Å². The van der Waals surface area contributed by atoms with Crippen molar-refractivity contribution in [3.8, 4) is 5.75 Å². The number of fused-ring (bicyclic) bond motifs is 1. The Hall–Kier alpha value is -2.25. The van der Waals surface area contributed by atoms with E-state index >= 15 is 0 Å². The summed E-state index contributed by atoms with van der Waals surface area (Å²) in [7, 11) is 0. The molecule has 0 aliphatic carbocycles. The molecule has 2 aromatic rings. The molecule has 2 heterocycles. The first-order chi connectivity index (χ1) is 11.0. The van der Waals surface area contributed by atoms with Gasteiger partial charge in [0.15, 0.2) is 5.75 Å². The Labute approximate surface area is 137 Å². The maximum absolute atomic E-state index is 12.3. The standard InChI is InChI=1S/C15H16ClN3O4/c1-3-8-12(15(21)22-4-2)14(23-11(20)7-17)13-9(18-8)5-6-10(16)19-13/h5-6H,3-4,7,17H2,1-2H3. The van der Waals surface area contributed by atoms with E-state index in [4.69, 9.17) is 26.8 Å². The zero-order chi connectivity index (χ0) is 17.0. The molecule has 0 spiro atoms. The van der Waals surface area contributed by atoms with Crippen molar-refractivity contribution < 1.29 is 19.1 Å². The fourth-order valence-corrected chi connectivity index (χ4v) is 2.21. The Morgan fingerprint density at radius 2 is 2.00 bits per heavy atom. The molecule has 0 aliphatic rings. The van der Waals surface area contributed by atoms with Crippen LogP contribution in [0.5, 0.6) is 5.75 Å². The maximum Gasteiger partial charge on any atom is 0.343 e.